The lowest BCUT2D eigenvalue weighted by Gasteiger charge is -2.15. The van der Waals surface area contributed by atoms with Gasteiger partial charge in [-0.05, 0) is 85.0 Å². The number of fused-ring (bicyclic) bond motifs is 1. The number of aliphatic hydroxyl groups excluding tert-OH is 1. The van der Waals surface area contributed by atoms with Crippen LogP contribution in [0.4, 0.5) is 11.4 Å². The number of nitrogens with zero attached hydrogens (tertiary/aromatic N) is 1. The first-order valence-electron chi connectivity index (χ1n) is 10.2. The number of anilines is 2. The van der Waals surface area contributed by atoms with Crippen molar-refractivity contribution < 1.29 is 15.0 Å². The predicted octanol–water partition coefficient (Wildman–Crippen LogP) is 5.59. The zero-order valence-electron chi connectivity index (χ0n) is 16.6. The Morgan fingerprint density at radius 1 is 1.00 bits per heavy atom. The largest absolute Gasteiger partial charge is 0.364 e. The number of carbonyl (C=O) groups excluding carboxylic acids is 1. The van der Waals surface area contributed by atoms with Crippen molar-refractivity contribution in [2.45, 2.75) is 25.0 Å². The molecule has 0 atom stereocenters. The molecular weight excluding hydrogens is 412 g/mol. The van der Waals surface area contributed by atoms with Crippen molar-refractivity contribution >= 4 is 39.8 Å². The molecule has 0 saturated heterocycles. The first-order valence-corrected chi connectivity index (χ1v) is 10.6. The Morgan fingerprint density at radius 3 is 2.48 bits per heavy atom. The maximum absolute atomic E-state index is 12.9. The Kier molecular flexibility index (Phi) is 5.02. The molecule has 1 heterocycles. The van der Waals surface area contributed by atoms with E-state index in [2.05, 4.69) is 5.32 Å². The van der Waals surface area contributed by atoms with E-state index in [0.717, 1.165) is 35.0 Å². The summed E-state index contributed by atoms with van der Waals surface area (Å²) in [7, 11) is 0. The van der Waals surface area contributed by atoms with E-state index in [0.29, 0.717) is 27.8 Å². The quantitative estimate of drug-likeness (QED) is 0.359. The molecular formula is C25H21ClN2O3. The fraction of sp³-hybridized carbons (Fsp3) is 0.160. The predicted molar refractivity (Wildman–Crippen MR) is 122 cm³/mol. The van der Waals surface area contributed by atoms with Gasteiger partial charge >= 0.3 is 0 Å². The highest BCUT2D eigenvalue weighted by molar-refractivity contribution is 6.30. The molecule has 31 heavy (non-hydrogen) atoms. The van der Waals surface area contributed by atoms with Gasteiger partial charge in [-0.2, -0.15) is 0 Å². The van der Waals surface area contributed by atoms with Crippen LogP contribution in [0, 0.1) is 0 Å². The summed E-state index contributed by atoms with van der Waals surface area (Å²) in [5.74, 6) is 0.398. The number of carbonyl (C=O) groups is 1. The van der Waals surface area contributed by atoms with Crippen LogP contribution < -0.4 is 5.32 Å². The van der Waals surface area contributed by atoms with Crippen LogP contribution in [0.25, 0.3) is 10.9 Å². The number of halogens is 1. The summed E-state index contributed by atoms with van der Waals surface area (Å²) < 4.78 is 1.61. The summed E-state index contributed by atoms with van der Waals surface area (Å²) in [4.78, 5) is 12.9. The molecule has 5 rings (SSSR count). The Bertz CT molecular complexity index is 1270. The molecule has 6 heteroatoms. The second kappa shape index (κ2) is 7.85. The molecule has 1 aromatic heterocycles. The highest BCUT2D eigenvalue weighted by atomic mass is 35.5. The Balaban J connectivity index is 1.44. The van der Waals surface area contributed by atoms with Crippen molar-refractivity contribution in [3.8, 4) is 0 Å². The summed E-state index contributed by atoms with van der Waals surface area (Å²) in [5.41, 5.74) is 4.39. The van der Waals surface area contributed by atoms with Gasteiger partial charge in [-0.3, -0.25) is 9.36 Å². The van der Waals surface area contributed by atoms with Gasteiger partial charge in [0, 0.05) is 39.1 Å². The van der Waals surface area contributed by atoms with Crippen molar-refractivity contribution in [3.63, 3.8) is 0 Å². The number of nitrogens with one attached hydrogen (secondary N) is 1. The molecule has 0 unspecified atom stereocenters. The summed E-state index contributed by atoms with van der Waals surface area (Å²) >= 11 is 5.92. The van der Waals surface area contributed by atoms with E-state index in [9.17, 15) is 15.0 Å². The number of hydrogen-bond donors (Lipinski definition) is 3. The molecule has 0 bridgehead atoms. The van der Waals surface area contributed by atoms with Crippen molar-refractivity contribution in [2.24, 2.45) is 0 Å². The molecule has 0 aliphatic heterocycles. The summed E-state index contributed by atoms with van der Waals surface area (Å²) in [5, 5.41) is 24.4. The highest BCUT2D eigenvalue weighted by Gasteiger charge is 2.25. The number of aromatic nitrogens is 1. The molecule has 3 aromatic carbocycles. The smallest absolute Gasteiger partial charge is 0.262 e. The lowest BCUT2D eigenvalue weighted by Crippen LogP contribution is -2.10. The second-order valence-corrected chi connectivity index (χ2v) is 8.33. The van der Waals surface area contributed by atoms with Gasteiger partial charge in [0.15, 0.2) is 6.29 Å². The fourth-order valence-electron chi connectivity index (χ4n) is 3.86. The molecule has 1 fully saturated rings. The van der Waals surface area contributed by atoms with E-state index in [1.165, 1.54) is 0 Å². The maximum atomic E-state index is 12.9. The van der Waals surface area contributed by atoms with Crippen molar-refractivity contribution in [1.82, 2.24) is 4.57 Å². The van der Waals surface area contributed by atoms with Crippen LogP contribution in [0.3, 0.4) is 0 Å². The zero-order chi connectivity index (χ0) is 21.5. The molecule has 5 nitrogen and oxygen atoms in total. The molecule has 0 radical (unpaired) electrons. The minimum absolute atomic E-state index is 0.131. The Morgan fingerprint density at radius 2 is 1.77 bits per heavy atom. The van der Waals surface area contributed by atoms with Crippen LogP contribution >= 0.6 is 11.6 Å². The van der Waals surface area contributed by atoms with E-state index in [-0.39, 0.29) is 5.91 Å². The van der Waals surface area contributed by atoms with Gasteiger partial charge in [0.25, 0.3) is 5.91 Å². The van der Waals surface area contributed by atoms with Gasteiger partial charge in [-0.15, -0.1) is 0 Å². The molecule has 1 aliphatic rings. The van der Waals surface area contributed by atoms with Crippen LogP contribution in [0.1, 0.15) is 46.5 Å². The normalized spacial score (nSPS) is 13.7. The van der Waals surface area contributed by atoms with E-state index >= 15 is 0 Å². The number of hydrogen-bond acceptors (Lipinski definition) is 4. The second-order valence-electron chi connectivity index (χ2n) is 7.89. The van der Waals surface area contributed by atoms with Gasteiger partial charge in [-0.1, -0.05) is 17.7 Å². The van der Waals surface area contributed by atoms with Gasteiger partial charge < -0.3 is 15.5 Å². The number of benzene rings is 3. The molecule has 0 spiro atoms. The Hall–Kier alpha value is -3.12. The van der Waals surface area contributed by atoms with Crippen LogP contribution in [-0.4, -0.2) is 20.7 Å². The maximum Gasteiger partial charge on any atom is 0.262 e. The number of aliphatic hydroxyl groups is 2. The van der Waals surface area contributed by atoms with Gasteiger partial charge in [-0.25, -0.2) is 0 Å². The summed E-state index contributed by atoms with van der Waals surface area (Å²) in [6.45, 7) is 0. The van der Waals surface area contributed by atoms with Crippen molar-refractivity contribution in [1.29, 1.82) is 0 Å². The minimum Gasteiger partial charge on any atom is -0.364 e. The SMILES string of the molecule is O=C(c1ccc(Cl)cc1)n1ccc2cc(Nc3ccc(C4CC4)cc3C(O)O)ccc21. The monoisotopic (exact) mass is 432 g/mol. The van der Waals surface area contributed by atoms with E-state index < -0.39 is 6.29 Å². The summed E-state index contributed by atoms with van der Waals surface area (Å²) in [6, 6.07) is 20.2. The number of rotatable bonds is 5. The topological polar surface area (TPSA) is 74.5 Å². The molecule has 0 amide bonds. The fourth-order valence-corrected chi connectivity index (χ4v) is 3.99. The standard InChI is InChI=1S/C25H21ClN2O3/c26-19-6-3-16(4-7-19)24(29)28-12-11-18-13-20(8-10-23(18)28)27-22-9-5-17(15-1-2-15)14-21(22)25(30)31/h3-15,25,27,30-31H,1-2H2. The zero-order valence-corrected chi connectivity index (χ0v) is 17.4. The van der Waals surface area contributed by atoms with Gasteiger partial charge in [0.1, 0.15) is 0 Å². The van der Waals surface area contributed by atoms with Gasteiger partial charge in [0.2, 0.25) is 0 Å². The first kappa shape index (κ1) is 19.8. The van der Waals surface area contributed by atoms with E-state index in [1.807, 2.05) is 42.5 Å². The van der Waals surface area contributed by atoms with E-state index in [1.54, 1.807) is 35.0 Å². The first-order chi connectivity index (χ1) is 15.0. The average molecular weight is 433 g/mol. The third-order valence-corrected chi connectivity index (χ3v) is 5.93. The minimum atomic E-state index is -1.55. The molecule has 1 aliphatic carbocycles. The lowest BCUT2D eigenvalue weighted by atomic mass is 10.0. The van der Waals surface area contributed by atoms with Crippen molar-refractivity contribution in [2.75, 3.05) is 5.32 Å². The van der Waals surface area contributed by atoms with Crippen LogP contribution in [0.5, 0.6) is 0 Å². The molecule has 3 N–H and O–H groups in total. The molecule has 4 aromatic rings. The highest BCUT2D eigenvalue weighted by Crippen LogP contribution is 2.42. The van der Waals surface area contributed by atoms with E-state index in [4.69, 9.17) is 11.6 Å². The third-order valence-electron chi connectivity index (χ3n) is 5.68. The Labute approximate surface area is 184 Å². The summed E-state index contributed by atoms with van der Waals surface area (Å²) in [6.07, 6.45) is 2.49. The van der Waals surface area contributed by atoms with Gasteiger partial charge in [0.05, 0.1) is 5.52 Å². The van der Waals surface area contributed by atoms with Crippen LogP contribution in [0.15, 0.2) is 72.9 Å². The van der Waals surface area contributed by atoms with Crippen molar-refractivity contribution in [3.05, 3.63) is 94.6 Å². The third kappa shape index (κ3) is 3.95. The molecule has 1 saturated carbocycles. The molecule has 156 valence electrons. The average Bonchev–Trinajstić information content (AvgIpc) is 3.53. The van der Waals surface area contributed by atoms with Crippen LogP contribution in [0.2, 0.25) is 5.02 Å². The van der Waals surface area contributed by atoms with Crippen LogP contribution in [-0.2, 0) is 0 Å². The lowest BCUT2D eigenvalue weighted by molar-refractivity contribution is -0.0419.